The van der Waals surface area contributed by atoms with Crippen molar-refractivity contribution in [2.75, 3.05) is 6.54 Å². The van der Waals surface area contributed by atoms with Crippen LogP contribution in [0.4, 0.5) is 0 Å². The predicted molar refractivity (Wildman–Crippen MR) is 116 cm³/mol. The normalized spacial score (nSPS) is 12.1. The lowest BCUT2D eigenvalue weighted by atomic mass is 10.0. The summed E-state index contributed by atoms with van der Waals surface area (Å²) in [6.07, 6.45) is 1.28. The van der Waals surface area contributed by atoms with E-state index in [4.69, 9.17) is 23.2 Å². The van der Waals surface area contributed by atoms with Gasteiger partial charge >= 0.3 is 0 Å². The molecular weight excluding hydrogens is 411 g/mol. The fourth-order valence-corrected chi connectivity index (χ4v) is 3.57. The number of nitrogens with one attached hydrogen (secondary N) is 2. The van der Waals surface area contributed by atoms with E-state index >= 15 is 0 Å². The molecule has 2 amide bonds. The van der Waals surface area contributed by atoms with Crippen molar-refractivity contribution in [2.45, 2.75) is 53.1 Å². The van der Waals surface area contributed by atoms with Gasteiger partial charge in [0, 0.05) is 23.8 Å². The first-order valence-corrected chi connectivity index (χ1v) is 10.5. The zero-order valence-electron chi connectivity index (χ0n) is 17.3. The highest BCUT2D eigenvalue weighted by Gasteiger charge is 2.23. The second kappa shape index (κ2) is 10.6. The zero-order chi connectivity index (χ0) is 21.6. The van der Waals surface area contributed by atoms with Gasteiger partial charge in [0.1, 0.15) is 6.04 Å². The monoisotopic (exact) mass is 438 g/mol. The van der Waals surface area contributed by atoms with Gasteiger partial charge < -0.3 is 10.6 Å². The molecule has 1 aromatic heterocycles. The average molecular weight is 439 g/mol. The van der Waals surface area contributed by atoms with E-state index in [-0.39, 0.29) is 16.8 Å². The molecule has 1 atom stereocenters. The van der Waals surface area contributed by atoms with E-state index in [1.54, 1.807) is 12.1 Å². The van der Waals surface area contributed by atoms with Gasteiger partial charge in [-0.25, -0.2) is 0 Å². The topological polar surface area (TPSA) is 76.0 Å². The minimum atomic E-state index is -0.636. The minimum Gasteiger partial charge on any atom is -0.354 e. The fraction of sp³-hybridized carbons (Fsp3) is 0.476. The molecule has 0 unspecified atom stereocenters. The number of carbonyl (C=O) groups excluding carboxylic acids is 2. The molecule has 0 spiro atoms. The highest BCUT2D eigenvalue weighted by molar-refractivity contribution is 6.36. The van der Waals surface area contributed by atoms with Gasteiger partial charge in [0.25, 0.3) is 5.91 Å². The molecule has 2 N–H and O–H groups in total. The summed E-state index contributed by atoms with van der Waals surface area (Å²) in [5, 5.41) is 10.8. The van der Waals surface area contributed by atoms with E-state index in [0.717, 1.165) is 24.4 Å². The van der Waals surface area contributed by atoms with E-state index in [9.17, 15) is 9.59 Å². The molecule has 158 valence electrons. The second-order valence-electron chi connectivity index (χ2n) is 7.57. The van der Waals surface area contributed by atoms with Crippen LogP contribution in [0.1, 0.15) is 48.4 Å². The van der Waals surface area contributed by atoms with Crippen molar-refractivity contribution < 1.29 is 9.59 Å². The van der Waals surface area contributed by atoms with Gasteiger partial charge in [0.05, 0.1) is 16.3 Å². The Labute approximate surface area is 182 Å². The molecule has 0 aliphatic carbocycles. The van der Waals surface area contributed by atoms with Crippen molar-refractivity contribution in [2.24, 2.45) is 5.92 Å². The molecule has 0 bridgehead atoms. The van der Waals surface area contributed by atoms with Crippen molar-refractivity contribution in [1.82, 2.24) is 20.4 Å². The smallest absolute Gasteiger partial charge is 0.253 e. The van der Waals surface area contributed by atoms with Crippen LogP contribution in [0.2, 0.25) is 10.0 Å². The summed E-state index contributed by atoms with van der Waals surface area (Å²) in [7, 11) is 0. The van der Waals surface area contributed by atoms with Gasteiger partial charge in [0.2, 0.25) is 5.91 Å². The van der Waals surface area contributed by atoms with Gasteiger partial charge in [0.15, 0.2) is 0 Å². The number of aromatic nitrogens is 2. The van der Waals surface area contributed by atoms with E-state index < -0.39 is 11.9 Å². The minimum absolute atomic E-state index is 0.203. The number of benzene rings is 1. The Kier molecular flexibility index (Phi) is 8.53. The molecule has 1 aromatic carbocycles. The SMILES string of the molecule is Cc1cc(C)n(CCCNC(=O)[C@H](CC(C)C)NC(=O)c2ccc(Cl)cc2Cl)n1. The average Bonchev–Trinajstić information content (AvgIpc) is 2.94. The molecule has 2 rings (SSSR count). The van der Waals surface area contributed by atoms with Crippen LogP contribution < -0.4 is 10.6 Å². The van der Waals surface area contributed by atoms with Crippen LogP contribution in [0, 0.1) is 19.8 Å². The highest BCUT2D eigenvalue weighted by Crippen LogP contribution is 2.21. The fourth-order valence-electron chi connectivity index (χ4n) is 3.08. The van der Waals surface area contributed by atoms with Gasteiger partial charge in [-0.15, -0.1) is 0 Å². The molecule has 0 radical (unpaired) electrons. The number of rotatable bonds is 9. The summed E-state index contributed by atoms with van der Waals surface area (Å²) in [6, 6.07) is 6.05. The van der Waals surface area contributed by atoms with Gasteiger partial charge in [-0.2, -0.15) is 5.10 Å². The summed E-state index contributed by atoms with van der Waals surface area (Å²) in [5.41, 5.74) is 2.37. The van der Waals surface area contributed by atoms with Crippen molar-refractivity contribution >= 4 is 35.0 Å². The van der Waals surface area contributed by atoms with Crippen LogP contribution in [0.5, 0.6) is 0 Å². The van der Waals surface area contributed by atoms with Crippen LogP contribution in [0.25, 0.3) is 0 Å². The van der Waals surface area contributed by atoms with E-state index in [0.29, 0.717) is 23.6 Å². The standard InChI is InChI=1S/C21H28Cl2N4O2/c1-13(2)10-19(25-20(28)17-7-6-16(22)12-18(17)23)21(29)24-8-5-9-27-15(4)11-14(3)26-27/h6-7,11-13,19H,5,8-10H2,1-4H3,(H,24,29)(H,25,28)/t19-/m0/s1. The maximum absolute atomic E-state index is 12.7. The molecule has 0 fully saturated rings. The third-order valence-electron chi connectivity index (χ3n) is 4.45. The van der Waals surface area contributed by atoms with Gasteiger partial charge in [-0.3, -0.25) is 14.3 Å². The number of hydrogen-bond acceptors (Lipinski definition) is 3. The second-order valence-corrected chi connectivity index (χ2v) is 8.42. The lowest BCUT2D eigenvalue weighted by Gasteiger charge is -2.20. The molecule has 6 nitrogen and oxygen atoms in total. The van der Waals surface area contributed by atoms with Crippen LogP contribution >= 0.6 is 23.2 Å². The Morgan fingerprint density at radius 1 is 1.17 bits per heavy atom. The van der Waals surface area contributed by atoms with Crippen molar-refractivity contribution in [1.29, 1.82) is 0 Å². The van der Waals surface area contributed by atoms with E-state index in [1.165, 1.54) is 6.07 Å². The maximum Gasteiger partial charge on any atom is 0.253 e. The van der Waals surface area contributed by atoms with Crippen molar-refractivity contribution in [3.05, 3.63) is 51.3 Å². The Balaban J connectivity index is 1.93. The highest BCUT2D eigenvalue weighted by atomic mass is 35.5. The van der Waals surface area contributed by atoms with Crippen LogP contribution in [-0.2, 0) is 11.3 Å². The first kappa shape index (κ1) is 23.2. The largest absolute Gasteiger partial charge is 0.354 e. The lowest BCUT2D eigenvalue weighted by Crippen LogP contribution is -2.47. The number of hydrogen-bond donors (Lipinski definition) is 2. The molecule has 0 saturated heterocycles. The quantitative estimate of drug-likeness (QED) is 0.577. The zero-order valence-corrected chi connectivity index (χ0v) is 18.8. The molecule has 1 heterocycles. The molecule has 0 saturated carbocycles. The Bertz CT molecular complexity index is 864. The first-order chi connectivity index (χ1) is 13.7. The van der Waals surface area contributed by atoms with E-state index in [2.05, 4.69) is 15.7 Å². The number of aryl methyl sites for hydroxylation is 3. The van der Waals surface area contributed by atoms with Gasteiger partial charge in [-0.05, 0) is 56.9 Å². The molecule has 0 aliphatic heterocycles. The van der Waals surface area contributed by atoms with Crippen molar-refractivity contribution in [3.8, 4) is 0 Å². The summed E-state index contributed by atoms with van der Waals surface area (Å²) in [4.78, 5) is 25.3. The van der Waals surface area contributed by atoms with Crippen LogP contribution in [0.3, 0.4) is 0 Å². The molecule has 0 aliphatic rings. The predicted octanol–water partition coefficient (Wildman–Crippen LogP) is 4.16. The third kappa shape index (κ3) is 7.05. The number of halogens is 2. The Morgan fingerprint density at radius 2 is 1.90 bits per heavy atom. The molecule has 29 heavy (non-hydrogen) atoms. The lowest BCUT2D eigenvalue weighted by molar-refractivity contribution is -0.123. The number of carbonyl (C=O) groups is 2. The summed E-state index contributed by atoms with van der Waals surface area (Å²) in [6.45, 7) is 9.20. The molecule has 8 heteroatoms. The molecule has 2 aromatic rings. The number of nitrogens with zero attached hydrogens (tertiary/aromatic N) is 2. The Hall–Kier alpha value is -2.05. The van der Waals surface area contributed by atoms with Crippen molar-refractivity contribution in [3.63, 3.8) is 0 Å². The maximum atomic E-state index is 12.7. The van der Waals surface area contributed by atoms with E-state index in [1.807, 2.05) is 38.4 Å². The first-order valence-electron chi connectivity index (χ1n) is 9.72. The summed E-state index contributed by atoms with van der Waals surface area (Å²) >= 11 is 12.0. The third-order valence-corrected chi connectivity index (χ3v) is 5.00. The molecular formula is C21H28Cl2N4O2. The Morgan fingerprint density at radius 3 is 2.48 bits per heavy atom. The van der Waals surface area contributed by atoms with Gasteiger partial charge in [-0.1, -0.05) is 37.0 Å². The summed E-state index contributed by atoms with van der Waals surface area (Å²) < 4.78 is 1.93. The number of amides is 2. The van der Waals surface area contributed by atoms with Crippen LogP contribution in [-0.4, -0.2) is 34.2 Å². The van der Waals surface area contributed by atoms with Crippen LogP contribution in [0.15, 0.2) is 24.3 Å². The summed E-state index contributed by atoms with van der Waals surface area (Å²) in [5.74, 6) is -0.359.